The molecule has 1 aromatic heterocycles. The molecule has 0 aliphatic heterocycles. The van der Waals surface area contributed by atoms with Crippen molar-refractivity contribution in [3.63, 3.8) is 0 Å². The highest BCUT2D eigenvalue weighted by Crippen LogP contribution is 2.30. The normalized spacial score (nSPS) is 11.3. The summed E-state index contributed by atoms with van der Waals surface area (Å²) in [5.41, 5.74) is 2.74. The van der Waals surface area contributed by atoms with E-state index in [1.54, 1.807) is 24.5 Å². The molecule has 0 fully saturated rings. The molecule has 1 unspecified atom stereocenters. The van der Waals surface area contributed by atoms with Crippen LogP contribution in [0, 0.1) is 0 Å². The Bertz CT molecular complexity index is 996. The molecular formula is C25H28N4O3. The molecule has 32 heavy (non-hydrogen) atoms. The lowest BCUT2D eigenvalue weighted by atomic mass is 10.0. The first-order valence-corrected chi connectivity index (χ1v) is 10.6. The minimum Gasteiger partial charge on any atom is -0.488 e. The molecule has 7 heteroatoms. The summed E-state index contributed by atoms with van der Waals surface area (Å²) < 4.78 is 6.30. The molecule has 0 aliphatic rings. The number of pyridine rings is 1. The molecule has 3 rings (SSSR count). The Hall–Kier alpha value is -3.87. The zero-order valence-electron chi connectivity index (χ0n) is 18.1. The number of para-hydroxylation sites is 1. The van der Waals surface area contributed by atoms with Crippen molar-refractivity contribution in [1.82, 2.24) is 15.6 Å². The van der Waals surface area contributed by atoms with Crippen molar-refractivity contribution in [3.8, 4) is 16.9 Å². The summed E-state index contributed by atoms with van der Waals surface area (Å²) in [6.45, 7) is 2.36. The van der Waals surface area contributed by atoms with Gasteiger partial charge in [0.25, 0.3) is 0 Å². The van der Waals surface area contributed by atoms with Crippen LogP contribution in [0.25, 0.3) is 11.1 Å². The molecule has 2 aromatic carbocycles. The predicted molar refractivity (Wildman–Crippen MR) is 125 cm³/mol. The highest BCUT2D eigenvalue weighted by atomic mass is 16.5. The highest BCUT2D eigenvalue weighted by Gasteiger charge is 2.14. The molecule has 3 N–H and O–H groups in total. The van der Waals surface area contributed by atoms with E-state index < -0.39 is 0 Å². The number of hydrogen-bond acceptors (Lipinski definition) is 4. The molecule has 1 heterocycles. The lowest BCUT2D eigenvalue weighted by molar-refractivity contribution is -0.119. The van der Waals surface area contributed by atoms with Gasteiger partial charge < -0.3 is 20.7 Å². The maximum atomic E-state index is 12.0. The first-order chi connectivity index (χ1) is 15.6. The van der Waals surface area contributed by atoms with Gasteiger partial charge in [-0.25, -0.2) is 4.79 Å². The fourth-order valence-electron chi connectivity index (χ4n) is 3.21. The molecule has 7 nitrogen and oxygen atoms in total. The monoisotopic (exact) mass is 432 g/mol. The number of amides is 3. The topological polar surface area (TPSA) is 92.4 Å². The molecule has 3 amide bonds. The number of nitrogens with one attached hydrogen (secondary N) is 3. The molecule has 166 valence electrons. The van der Waals surface area contributed by atoms with E-state index in [4.69, 9.17) is 4.74 Å². The van der Waals surface area contributed by atoms with Crippen LogP contribution in [0.15, 0.2) is 79.1 Å². The fourth-order valence-corrected chi connectivity index (χ4v) is 3.21. The van der Waals surface area contributed by atoms with Crippen molar-refractivity contribution in [2.24, 2.45) is 0 Å². The smallest absolute Gasteiger partial charge is 0.319 e. The van der Waals surface area contributed by atoms with Gasteiger partial charge in [-0.05, 0) is 36.6 Å². The van der Waals surface area contributed by atoms with E-state index in [-0.39, 0.29) is 18.0 Å². The van der Waals surface area contributed by atoms with Gasteiger partial charge in [-0.15, -0.1) is 0 Å². The van der Waals surface area contributed by atoms with E-state index in [0.717, 1.165) is 16.9 Å². The van der Waals surface area contributed by atoms with Crippen molar-refractivity contribution in [1.29, 1.82) is 0 Å². The predicted octanol–water partition coefficient (Wildman–Crippen LogP) is 4.23. The van der Waals surface area contributed by atoms with Crippen LogP contribution in [-0.2, 0) is 4.79 Å². The molecule has 0 spiro atoms. The molecule has 0 saturated carbocycles. The summed E-state index contributed by atoms with van der Waals surface area (Å²) in [6.07, 6.45) is 4.37. The first kappa shape index (κ1) is 22.8. The number of hydrogen-bond donors (Lipinski definition) is 3. The van der Waals surface area contributed by atoms with Crippen LogP contribution in [0.4, 0.5) is 10.5 Å². The van der Waals surface area contributed by atoms with Crippen molar-refractivity contribution >= 4 is 17.6 Å². The Morgan fingerprint density at radius 1 is 0.938 bits per heavy atom. The summed E-state index contributed by atoms with van der Waals surface area (Å²) in [4.78, 5) is 27.4. The van der Waals surface area contributed by atoms with Gasteiger partial charge in [-0.1, -0.05) is 48.5 Å². The number of rotatable bonds is 10. The van der Waals surface area contributed by atoms with E-state index in [1.807, 2.05) is 54.6 Å². The third kappa shape index (κ3) is 7.43. The average Bonchev–Trinajstić information content (AvgIpc) is 2.81. The van der Waals surface area contributed by atoms with Gasteiger partial charge in [0.05, 0.1) is 6.54 Å². The molecule has 1 atom stereocenters. The van der Waals surface area contributed by atoms with Crippen LogP contribution in [0.3, 0.4) is 0 Å². The van der Waals surface area contributed by atoms with E-state index in [1.165, 1.54) is 6.92 Å². The molecule has 0 aliphatic carbocycles. The van der Waals surface area contributed by atoms with E-state index in [9.17, 15) is 9.59 Å². The molecule has 0 bridgehead atoms. The second kappa shape index (κ2) is 12.1. The van der Waals surface area contributed by atoms with Gasteiger partial charge in [0.1, 0.15) is 11.9 Å². The largest absolute Gasteiger partial charge is 0.488 e. The van der Waals surface area contributed by atoms with Crippen LogP contribution >= 0.6 is 0 Å². The quantitative estimate of drug-likeness (QED) is 0.418. The first-order valence-electron chi connectivity index (χ1n) is 10.6. The molecule has 0 radical (unpaired) electrons. The summed E-state index contributed by atoms with van der Waals surface area (Å²) in [5.74, 6) is 0.655. The van der Waals surface area contributed by atoms with Crippen molar-refractivity contribution in [3.05, 3.63) is 79.1 Å². The van der Waals surface area contributed by atoms with Crippen molar-refractivity contribution in [2.75, 3.05) is 18.4 Å². The minimum absolute atomic E-state index is 0.107. The number of carbonyl (C=O) groups is 2. The summed E-state index contributed by atoms with van der Waals surface area (Å²) in [5, 5.41) is 8.43. The van der Waals surface area contributed by atoms with E-state index in [0.29, 0.717) is 31.6 Å². The third-order valence-electron chi connectivity index (χ3n) is 4.77. The van der Waals surface area contributed by atoms with E-state index in [2.05, 4.69) is 20.9 Å². The Labute approximate surface area is 188 Å². The van der Waals surface area contributed by atoms with Gasteiger partial charge in [0.15, 0.2) is 0 Å². The average molecular weight is 433 g/mol. The van der Waals surface area contributed by atoms with Gasteiger partial charge in [0, 0.05) is 37.1 Å². The van der Waals surface area contributed by atoms with Crippen molar-refractivity contribution < 1.29 is 14.3 Å². The summed E-state index contributed by atoms with van der Waals surface area (Å²) >= 11 is 0. The standard InChI is InChI=1S/C25H28N4O3/c1-19(30)28-18-22(10-7-15-27-25(31)29-21-13-16-26-17-14-21)32-24-12-6-5-11-23(24)20-8-3-2-4-9-20/h2-6,8-9,11-14,16-17,22H,7,10,15,18H2,1H3,(H,28,30)(H2,26,27,29,31). The molecular weight excluding hydrogens is 404 g/mol. The van der Waals surface area contributed by atoms with Crippen LogP contribution in [0.2, 0.25) is 0 Å². The third-order valence-corrected chi connectivity index (χ3v) is 4.77. The zero-order chi connectivity index (χ0) is 22.6. The van der Waals surface area contributed by atoms with Gasteiger partial charge in [-0.2, -0.15) is 0 Å². The zero-order valence-corrected chi connectivity index (χ0v) is 18.1. The Morgan fingerprint density at radius 2 is 1.66 bits per heavy atom. The number of aromatic nitrogens is 1. The Kier molecular flexibility index (Phi) is 8.62. The molecule has 3 aromatic rings. The maximum Gasteiger partial charge on any atom is 0.319 e. The van der Waals surface area contributed by atoms with Crippen molar-refractivity contribution in [2.45, 2.75) is 25.9 Å². The summed E-state index contributed by atoms with van der Waals surface area (Å²) in [7, 11) is 0. The van der Waals surface area contributed by atoms with Crippen LogP contribution in [-0.4, -0.2) is 36.1 Å². The lowest BCUT2D eigenvalue weighted by Gasteiger charge is -2.21. The number of ether oxygens (including phenoxy) is 1. The highest BCUT2D eigenvalue weighted by molar-refractivity contribution is 5.89. The van der Waals surface area contributed by atoms with Gasteiger partial charge >= 0.3 is 6.03 Å². The Balaban J connectivity index is 1.56. The second-order valence-electron chi connectivity index (χ2n) is 7.30. The second-order valence-corrected chi connectivity index (χ2v) is 7.30. The van der Waals surface area contributed by atoms with Crippen LogP contribution in [0.1, 0.15) is 19.8 Å². The van der Waals surface area contributed by atoms with E-state index >= 15 is 0 Å². The number of anilines is 1. The van der Waals surface area contributed by atoms with Crippen LogP contribution in [0.5, 0.6) is 5.75 Å². The number of carbonyl (C=O) groups excluding carboxylic acids is 2. The Morgan fingerprint density at radius 3 is 2.41 bits per heavy atom. The number of urea groups is 1. The SMILES string of the molecule is CC(=O)NCC(CCCNC(=O)Nc1ccncc1)Oc1ccccc1-c1ccccc1. The fraction of sp³-hybridized carbons (Fsp3) is 0.240. The number of nitrogens with zero attached hydrogens (tertiary/aromatic N) is 1. The van der Waals surface area contributed by atoms with Gasteiger partial charge in [-0.3, -0.25) is 9.78 Å². The van der Waals surface area contributed by atoms with Crippen LogP contribution < -0.4 is 20.7 Å². The molecule has 0 saturated heterocycles. The minimum atomic E-state index is -0.273. The maximum absolute atomic E-state index is 12.0. The van der Waals surface area contributed by atoms with Gasteiger partial charge in [0.2, 0.25) is 5.91 Å². The lowest BCUT2D eigenvalue weighted by Crippen LogP contribution is -2.35. The summed E-state index contributed by atoms with van der Waals surface area (Å²) in [6, 6.07) is 21.1. The number of benzene rings is 2.